The van der Waals surface area contributed by atoms with Crippen LogP contribution in [0.5, 0.6) is 0 Å². The highest BCUT2D eigenvalue weighted by Crippen LogP contribution is 2.40. The Morgan fingerprint density at radius 1 is 1.19 bits per heavy atom. The minimum atomic E-state index is -4.76. The molecule has 0 unspecified atom stereocenters. The number of hydrogen-bond donors (Lipinski definition) is 1. The Bertz CT molecular complexity index is 879. The number of carbonyl (C=O) groups is 1. The maximum absolute atomic E-state index is 13.2. The molecular formula is C19H16ClF3N2O2. The highest BCUT2D eigenvalue weighted by Gasteiger charge is 2.53. The molecule has 1 aliphatic rings. The summed E-state index contributed by atoms with van der Waals surface area (Å²) in [7, 11) is 0. The second-order valence-electron chi connectivity index (χ2n) is 6.21. The molecule has 2 aromatic carbocycles. The molecule has 2 aromatic rings. The van der Waals surface area contributed by atoms with Crippen LogP contribution in [0.25, 0.3) is 0 Å². The third-order valence-corrected chi connectivity index (χ3v) is 4.67. The molecular weight excluding hydrogens is 381 g/mol. The van der Waals surface area contributed by atoms with Gasteiger partial charge in [-0.05, 0) is 36.2 Å². The van der Waals surface area contributed by atoms with Crippen molar-refractivity contribution in [1.82, 2.24) is 5.01 Å². The number of hydrogen-bond acceptors (Lipinski definition) is 3. The van der Waals surface area contributed by atoms with Crippen LogP contribution in [0.1, 0.15) is 34.8 Å². The van der Waals surface area contributed by atoms with Gasteiger partial charge in [-0.3, -0.25) is 4.79 Å². The highest BCUT2D eigenvalue weighted by molar-refractivity contribution is 6.30. The van der Waals surface area contributed by atoms with E-state index >= 15 is 0 Å². The fourth-order valence-corrected chi connectivity index (χ4v) is 2.99. The van der Waals surface area contributed by atoms with E-state index in [9.17, 15) is 23.1 Å². The number of hydrazone groups is 1. The smallest absolute Gasteiger partial charge is 0.365 e. The first-order valence-corrected chi connectivity index (χ1v) is 8.59. The Hall–Kier alpha value is -2.38. The van der Waals surface area contributed by atoms with E-state index in [1.54, 1.807) is 12.1 Å². The van der Waals surface area contributed by atoms with Crippen LogP contribution in [-0.4, -0.2) is 27.9 Å². The number of halogens is 4. The minimum absolute atomic E-state index is 0.0650. The van der Waals surface area contributed by atoms with Crippen LogP contribution in [0.3, 0.4) is 0 Å². The van der Waals surface area contributed by atoms with E-state index in [0.29, 0.717) is 10.0 Å². The Labute approximate surface area is 158 Å². The molecule has 0 bridgehead atoms. The predicted octanol–water partition coefficient (Wildman–Crippen LogP) is 4.51. The zero-order chi connectivity index (χ0) is 19.8. The van der Waals surface area contributed by atoms with E-state index in [1.165, 1.54) is 36.4 Å². The lowest BCUT2D eigenvalue weighted by Gasteiger charge is -2.31. The van der Waals surface area contributed by atoms with Gasteiger partial charge in [-0.2, -0.15) is 23.3 Å². The predicted molar refractivity (Wildman–Crippen MR) is 95.4 cm³/mol. The Morgan fingerprint density at radius 3 is 2.30 bits per heavy atom. The SMILES string of the molecule is CCc1ccc([C@]2(O)CC(C(F)(F)F)=NN2C(=O)c2ccc(Cl)cc2)cc1. The fraction of sp³-hybridized carbons (Fsp3) is 0.263. The van der Waals surface area contributed by atoms with Crippen molar-refractivity contribution in [3.05, 3.63) is 70.2 Å². The summed E-state index contributed by atoms with van der Waals surface area (Å²) < 4.78 is 39.7. The lowest BCUT2D eigenvalue weighted by atomic mass is 9.95. The van der Waals surface area contributed by atoms with Gasteiger partial charge in [-0.1, -0.05) is 42.8 Å². The van der Waals surface area contributed by atoms with Gasteiger partial charge in [0.25, 0.3) is 5.91 Å². The monoisotopic (exact) mass is 396 g/mol. The molecule has 0 radical (unpaired) electrons. The molecule has 4 nitrogen and oxygen atoms in total. The zero-order valence-electron chi connectivity index (χ0n) is 14.3. The van der Waals surface area contributed by atoms with Crippen molar-refractivity contribution in [1.29, 1.82) is 0 Å². The summed E-state index contributed by atoms with van der Waals surface area (Å²) in [6.45, 7) is 1.93. The maximum atomic E-state index is 13.2. The Morgan fingerprint density at radius 2 is 1.78 bits per heavy atom. The topological polar surface area (TPSA) is 52.9 Å². The number of rotatable bonds is 3. The van der Waals surface area contributed by atoms with Crippen LogP contribution in [0, 0.1) is 0 Å². The lowest BCUT2D eigenvalue weighted by molar-refractivity contribution is -0.0816. The molecule has 0 spiro atoms. The van der Waals surface area contributed by atoms with Gasteiger partial charge in [0, 0.05) is 16.1 Å². The van der Waals surface area contributed by atoms with Gasteiger partial charge in [0.15, 0.2) is 5.72 Å². The third kappa shape index (κ3) is 3.70. The lowest BCUT2D eigenvalue weighted by Crippen LogP contribution is -2.43. The van der Waals surface area contributed by atoms with Gasteiger partial charge in [0.1, 0.15) is 5.71 Å². The molecule has 3 rings (SSSR count). The highest BCUT2D eigenvalue weighted by atomic mass is 35.5. The number of amides is 1. The molecule has 1 atom stereocenters. The van der Waals surface area contributed by atoms with Crippen molar-refractivity contribution >= 4 is 23.2 Å². The first kappa shape index (κ1) is 19.4. The number of aryl methyl sites for hydroxylation is 1. The molecule has 1 amide bonds. The largest absolute Gasteiger partial charge is 0.431 e. The molecule has 0 aliphatic carbocycles. The Balaban J connectivity index is 2.05. The average molecular weight is 397 g/mol. The summed E-state index contributed by atoms with van der Waals surface area (Å²) in [5.41, 5.74) is -2.27. The first-order chi connectivity index (χ1) is 12.6. The van der Waals surface area contributed by atoms with Crippen molar-refractivity contribution in [3.63, 3.8) is 0 Å². The average Bonchev–Trinajstić information content (AvgIpc) is 3.01. The minimum Gasteiger partial charge on any atom is -0.365 e. The van der Waals surface area contributed by atoms with Crippen LogP contribution in [0.4, 0.5) is 13.2 Å². The maximum Gasteiger partial charge on any atom is 0.431 e. The van der Waals surface area contributed by atoms with Gasteiger partial charge < -0.3 is 5.11 Å². The van der Waals surface area contributed by atoms with Crippen molar-refractivity contribution in [2.24, 2.45) is 5.10 Å². The second-order valence-corrected chi connectivity index (χ2v) is 6.65. The van der Waals surface area contributed by atoms with Gasteiger partial charge in [0.2, 0.25) is 0 Å². The summed E-state index contributed by atoms with van der Waals surface area (Å²) in [4.78, 5) is 12.8. The number of carbonyl (C=O) groups excluding carboxylic acids is 1. The molecule has 0 saturated heterocycles. The number of aliphatic hydroxyl groups is 1. The molecule has 0 saturated carbocycles. The summed E-state index contributed by atoms with van der Waals surface area (Å²) in [5, 5.41) is 15.4. The van der Waals surface area contributed by atoms with Crippen molar-refractivity contribution in [3.8, 4) is 0 Å². The molecule has 142 valence electrons. The van der Waals surface area contributed by atoms with Crippen LogP contribution < -0.4 is 0 Å². The molecule has 0 fully saturated rings. The Kier molecular flexibility index (Phi) is 5.01. The van der Waals surface area contributed by atoms with Crippen LogP contribution >= 0.6 is 11.6 Å². The number of nitrogens with zero attached hydrogens (tertiary/aromatic N) is 2. The van der Waals surface area contributed by atoms with Gasteiger partial charge in [-0.25, -0.2) is 0 Å². The molecule has 1 N–H and O–H groups in total. The van der Waals surface area contributed by atoms with Gasteiger partial charge in [-0.15, -0.1) is 0 Å². The zero-order valence-corrected chi connectivity index (χ0v) is 15.1. The fourth-order valence-electron chi connectivity index (χ4n) is 2.86. The van der Waals surface area contributed by atoms with E-state index in [-0.39, 0.29) is 11.1 Å². The first-order valence-electron chi connectivity index (χ1n) is 8.21. The molecule has 0 aromatic heterocycles. The molecule has 1 aliphatic heterocycles. The van der Waals surface area contributed by atoms with Crippen LogP contribution in [0.2, 0.25) is 5.02 Å². The van der Waals surface area contributed by atoms with Crippen LogP contribution in [-0.2, 0) is 12.1 Å². The number of benzene rings is 2. The quantitative estimate of drug-likeness (QED) is 0.829. The standard InChI is InChI=1S/C19H16ClF3N2O2/c1-2-12-3-7-14(8-4-12)18(27)11-16(19(21,22)23)24-25(18)17(26)13-5-9-15(20)10-6-13/h3-10,27H,2,11H2,1H3/t18-/m1/s1. The van der Waals surface area contributed by atoms with Gasteiger partial charge in [0.05, 0.1) is 6.42 Å². The third-order valence-electron chi connectivity index (χ3n) is 4.42. The second kappa shape index (κ2) is 6.98. The van der Waals surface area contributed by atoms with Crippen LogP contribution in [0.15, 0.2) is 53.6 Å². The molecule has 1 heterocycles. The van der Waals surface area contributed by atoms with Crippen molar-refractivity contribution in [2.45, 2.75) is 31.7 Å². The van der Waals surface area contributed by atoms with E-state index in [4.69, 9.17) is 11.6 Å². The van der Waals surface area contributed by atoms with E-state index in [0.717, 1.165) is 12.0 Å². The van der Waals surface area contributed by atoms with E-state index in [2.05, 4.69) is 5.10 Å². The van der Waals surface area contributed by atoms with Crippen molar-refractivity contribution < 1.29 is 23.1 Å². The summed E-state index contributed by atoms with van der Waals surface area (Å²) in [6, 6.07) is 12.0. The summed E-state index contributed by atoms with van der Waals surface area (Å²) in [6.07, 6.45) is -4.87. The normalized spacial score (nSPS) is 19.9. The van der Waals surface area contributed by atoms with E-state index in [1.807, 2.05) is 6.92 Å². The molecule has 8 heteroatoms. The van der Waals surface area contributed by atoms with Crippen molar-refractivity contribution in [2.75, 3.05) is 0 Å². The summed E-state index contributed by atoms with van der Waals surface area (Å²) in [5.74, 6) is -0.854. The number of alkyl halides is 3. The summed E-state index contributed by atoms with van der Waals surface area (Å²) >= 11 is 5.79. The van der Waals surface area contributed by atoms with E-state index < -0.39 is 29.9 Å². The van der Waals surface area contributed by atoms with Gasteiger partial charge >= 0.3 is 6.18 Å². The molecule has 27 heavy (non-hydrogen) atoms.